The molecule has 122 valence electrons. The summed E-state index contributed by atoms with van der Waals surface area (Å²) in [7, 11) is 0. The monoisotopic (exact) mass is 311 g/mol. The van der Waals surface area contributed by atoms with Gasteiger partial charge in [0, 0.05) is 12.5 Å². The Hall–Kier alpha value is -2.13. The van der Waals surface area contributed by atoms with Crippen molar-refractivity contribution in [3.05, 3.63) is 71.3 Å². The lowest BCUT2D eigenvalue weighted by Gasteiger charge is -2.18. The van der Waals surface area contributed by atoms with Crippen molar-refractivity contribution < 1.29 is 9.90 Å². The maximum atomic E-state index is 12.1. The molecule has 0 saturated heterocycles. The number of nitrogens with one attached hydrogen (secondary N) is 1. The lowest BCUT2D eigenvalue weighted by molar-refractivity contribution is -0.121. The molecule has 23 heavy (non-hydrogen) atoms. The van der Waals surface area contributed by atoms with Crippen molar-refractivity contribution in [2.75, 3.05) is 0 Å². The van der Waals surface area contributed by atoms with Crippen LogP contribution in [0.25, 0.3) is 0 Å². The number of aliphatic hydroxyl groups is 1. The highest BCUT2D eigenvalue weighted by atomic mass is 16.3. The number of amides is 1. The Morgan fingerprint density at radius 2 is 1.74 bits per heavy atom. The molecule has 2 N–H and O–H groups in total. The molecule has 0 heterocycles. The molecule has 0 aliphatic heterocycles. The average molecular weight is 311 g/mol. The van der Waals surface area contributed by atoms with Gasteiger partial charge in [0.15, 0.2) is 0 Å². The summed E-state index contributed by atoms with van der Waals surface area (Å²) >= 11 is 0. The van der Waals surface area contributed by atoms with Gasteiger partial charge in [0.25, 0.3) is 0 Å². The lowest BCUT2D eigenvalue weighted by Crippen LogP contribution is -2.33. The zero-order chi connectivity index (χ0) is 16.7. The number of carbonyl (C=O) groups is 1. The minimum Gasteiger partial charge on any atom is -0.388 e. The largest absolute Gasteiger partial charge is 0.388 e. The van der Waals surface area contributed by atoms with Crippen LogP contribution in [0.5, 0.6) is 0 Å². The molecule has 2 aromatic rings. The quantitative estimate of drug-likeness (QED) is 0.821. The van der Waals surface area contributed by atoms with Crippen LogP contribution in [0.3, 0.4) is 0 Å². The van der Waals surface area contributed by atoms with Crippen molar-refractivity contribution in [3.63, 3.8) is 0 Å². The van der Waals surface area contributed by atoms with Crippen LogP contribution in [-0.4, -0.2) is 17.1 Å². The number of hydrogen-bond acceptors (Lipinski definition) is 2. The van der Waals surface area contributed by atoms with E-state index < -0.39 is 6.10 Å². The van der Waals surface area contributed by atoms with Crippen LogP contribution < -0.4 is 5.32 Å². The molecule has 1 amide bonds. The maximum absolute atomic E-state index is 12.1. The predicted octanol–water partition coefficient (Wildman–Crippen LogP) is 3.56. The SMILES string of the molecule is Cc1ccccc1CCC(=O)NC(C)CC(O)c1ccccc1. The first-order valence-corrected chi connectivity index (χ1v) is 8.13. The first-order valence-electron chi connectivity index (χ1n) is 8.13. The third-order valence-corrected chi connectivity index (χ3v) is 4.05. The minimum absolute atomic E-state index is 0.0287. The second-order valence-corrected chi connectivity index (χ2v) is 6.06. The summed E-state index contributed by atoms with van der Waals surface area (Å²) in [5.74, 6) is 0.0287. The van der Waals surface area contributed by atoms with E-state index in [2.05, 4.69) is 24.4 Å². The zero-order valence-electron chi connectivity index (χ0n) is 13.8. The first-order chi connectivity index (χ1) is 11.1. The molecule has 0 bridgehead atoms. The van der Waals surface area contributed by atoms with Gasteiger partial charge in [-0.1, -0.05) is 54.6 Å². The molecule has 0 aromatic heterocycles. The molecule has 0 aliphatic rings. The zero-order valence-corrected chi connectivity index (χ0v) is 13.8. The molecule has 2 rings (SSSR count). The van der Waals surface area contributed by atoms with Gasteiger partial charge in [-0.3, -0.25) is 4.79 Å². The third-order valence-electron chi connectivity index (χ3n) is 4.05. The Morgan fingerprint density at radius 3 is 2.43 bits per heavy atom. The van der Waals surface area contributed by atoms with E-state index in [1.54, 1.807) is 0 Å². The maximum Gasteiger partial charge on any atom is 0.220 e. The van der Waals surface area contributed by atoms with Crippen LogP contribution in [-0.2, 0) is 11.2 Å². The summed E-state index contributed by atoms with van der Waals surface area (Å²) in [5, 5.41) is 13.2. The van der Waals surface area contributed by atoms with Gasteiger partial charge in [-0.2, -0.15) is 0 Å². The Morgan fingerprint density at radius 1 is 1.09 bits per heavy atom. The number of aliphatic hydroxyl groups excluding tert-OH is 1. The number of aryl methyl sites for hydroxylation is 2. The second kappa shape index (κ2) is 8.49. The summed E-state index contributed by atoms with van der Waals surface area (Å²) in [6.07, 6.45) is 1.17. The fourth-order valence-corrected chi connectivity index (χ4v) is 2.69. The van der Waals surface area contributed by atoms with Gasteiger partial charge in [0.2, 0.25) is 5.91 Å². The van der Waals surface area contributed by atoms with Gasteiger partial charge in [-0.15, -0.1) is 0 Å². The van der Waals surface area contributed by atoms with Crippen LogP contribution in [0.4, 0.5) is 0 Å². The van der Waals surface area contributed by atoms with E-state index in [1.165, 1.54) is 11.1 Å². The molecular weight excluding hydrogens is 286 g/mol. The van der Waals surface area contributed by atoms with Gasteiger partial charge in [-0.05, 0) is 43.4 Å². The fourth-order valence-electron chi connectivity index (χ4n) is 2.69. The minimum atomic E-state index is -0.553. The summed E-state index contributed by atoms with van der Waals surface area (Å²) in [4.78, 5) is 12.1. The van der Waals surface area contributed by atoms with Gasteiger partial charge < -0.3 is 10.4 Å². The van der Waals surface area contributed by atoms with Crippen LogP contribution >= 0.6 is 0 Å². The summed E-state index contributed by atoms with van der Waals surface area (Å²) in [5.41, 5.74) is 3.31. The van der Waals surface area contributed by atoms with Crippen LogP contribution in [0.2, 0.25) is 0 Å². The van der Waals surface area contributed by atoms with Crippen LogP contribution in [0.1, 0.15) is 42.6 Å². The smallest absolute Gasteiger partial charge is 0.220 e. The molecule has 2 aromatic carbocycles. The van der Waals surface area contributed by atoms with E-state index in [-0.39, 0.29) is 11.9 Å². The van der Waals surface area contributed by atoms with Gasteiger partial charge in [0.1, 0.15) is 0 Å². The predicted molar refractivity (Wildman–Crippen MR) is 93.1 cm³/mol. The first kappa shape index (κ1) is 17.2. The number of hydrogen-bond donors (Lipinski definition) is 2. The molecule has 3 nitrogen and oxygen atoms in total. The highest BCUT2D eigenvalue weighted by Crippen LogP contribution is 2.17. The van der Waals surface area contributed by atoms with E-state index >= 15 is 0 Å². The van der Waals surface area contributed by atoms with Gasteiger partial charge in [0.05, 0.1) is 6.10 Å². The Bertz CT molecular complexity index is 625. The summed E-state index contributed by atoms with van der Waals surface area (Å²) < 4.78 is 0. The van der Waals surface area contributed by atoms with E-state index in [9.17, 15) is 9.90 Å². The van der Waals surface area contributed by atoms with Gasteiger partial charge in [-0.25, -0.2) is 0 Å². The van der Waals surface area contributed by atoms with Crippen molar-refractivity contribution >= 4 is 5.91 Å². The number of benzene rings is 2. The van der Waals surface area contributed by atoms with E-state index in [4.69, 9.17) is 0 Å². The van der Waals surface area contributed by atoms with E-state index in [0.717, 1.165) is 12.0 Å². The molecule has 0 aliphatic carbocycles. The van der Waals surface area contributed by atoms with Crippen molar-refractivity contribution in [3.8, 4) is 0 Å². The van der Waals surface area contributed by atoms with E-state index in [1.807, 2.05) is 49.4 Å². The van der Waals surface area contributed by atoms with Gasteiger partial charge >= 0.3 is 0 Å². The van der Waals surface area contributed by atoms with Crippen molar-refractivity contribution in [1.29, 1.82) is 0 Å². The normalized spacial score (nSPS) is 13.3. The van der Waals surface area contributed by atoms with Crippen molar-refractivity contribution in [2.45, 2.75) is 45.3 Å². The number of rotatable bonds is 7. The Labute approximate surface area is 138 Å². The molecule has 0 saturated carbocycles. The highest BCUT2D eigenvalue weighted by Gasteiger charge is 2.14. The highest BCUT2D eigenvalue weighted by molar-refractivity contribution is 5.76. The fraction of sp³-hybridized carbons (Fsp3) is 0.350. The molecule has 3 heteroatoms. The number of carbonyl (C=O) groups excluding carboxylic acids is 1. The summed E-state index contributed by atoms with van der Waals surface area (Å²) in [6, 6.07) is 17.6. The van der Waals surface area contributed by atoms with Crippen molar-refractivity contribution in [1.82, 2.24) is 5.32 Å². The molecule has 0 spiro atoms. The summed E-state index contributed by atoms with van der Waals surface area (Å²) in [6.45, 7) is 3.99. The Balaban J connectivity index is 1.77. The van der Waals surface area contributed by atoms with E-state index in [0.29, 0.717) is 12.8 Å². The lowest BCUT2D eigenvalue weighted by atomic mass is 10.0. The molecule has 2 unspecified atom stereocenters. The molecule has 0 fully saturated rings. The average Bonchev–Trinajstić information content (AvgIpc) is 2.54. The topological polar surface area (TPSA) is 49.3 Å². The van der Waals surface area contributed by atoms with Crippen molar-refractivity contribution in [2.24, 2.45) is 0 Å². The second-order valence-electron chi connectivity index (χ2n) is 6.06. The van der Waals surface area contributed by atoms with Crippen LogP contribution in [0.15, 0.2) is 54.6 Å². The van der Waals surface area contributed by atoms with Crippen LogP contribution in [0, 0.1) is 6.92 Å². The molecular formula is C20H25NO2. The third kappa shape index (κ3) is 5.53. The Kier molecular flexibility index (Phi) is 6.36. The molecule has 2 atom stereocenters. The standard InChI is InChI=1S/C20H25NO2/c1-15-8-6-7-9-17(15)12-13-20(23)21-16(2)14-19(22)18-10-4-3-5-11-18/h3-11,16,19,22H,12-14H2,1-2H3,(H,21,23). The molecule has 0 radical (unpaired) electrons.